The fourth-order valence-corrected chi connectivity index (χ4v) is 2.11. The Labute approximate surface area is 131 Å². The fraction of sp³-hybridized carbons (Fsp3) is 0.375. The highest BCUT2D eigenvalue weighted by Gasteiger charge is 2.11. The van der Waals surface area contributed by atoms with E-state index in [1.165, 1.54) is 5.56 Å². The van der Waals surface area contributed by atoms with Crippen LogP contribution in [-0.2, 0) is 6.54 Å². The maximum absolute atomic E-state index is 5.92. The number of hydrogen-bond acceptors (Lipinski definition) is 4. The molecule has 0 aliphatic carbocycles. The Kier molecular flexibility index (Phi) is 5.02. The molecule has 1 aromatic heterocycles. The molecule has 0 aliphatic rings. The number of hydrogen-bond donors (Lipinski definition) is 1. The van der Waals surface area contributed by atoms with Crippen molar-refractivity contribution in [2.45, 2.75) is 26.3 Å². The first-order valence-electron chi connectivity index (χ1n) is 7.02. The van der Waals surface area contributed by atoms with E-state index in [2.05, 4.69) is 34.0 Å². The van der Waals surface area contributed by atoms with Crippen molar-refractivity contribution in [3.63, 3.8) is 0 Å². The molecule has 0 spiro atoms. The summed E-state index contributed by atoms with van der Waals surface area (Å²) < 4.78 is 0. The van der Waals surface area contributed by atoms with Crippen LogP contribution in [0.1, 0.15) is 31.2 Å². The van der Waals surface area contributed by atoms with E-state index in [0.29, 0.717) is 5.92 Å². The second-order valence-electron chi connectivity index (χ2n) is 5.36. The second-order valence-corrected chi connectivity index (χ2v) is 5.79. The van der Waals surface area contributed by atoms with E-state index in [0.717, 1.165) is 29.0 Å². The van der Waals surface area contributed by atoms with Gasteiger partial charge in [-0.1, -0.05) is 37.6 Å². The van der Waals surface area contributed by atoms with Gasteiger partial charge >= 0.3 is 0 Å². The summed E-state index contributed by atoms with van der Waals surface area (Å²) in [6.07, 6.45) is 0. The second kappa shape index (κ2) is 6.76. The van der Waals surface area contributed by atoms with Crippen LogP contribution in [0.15, 0.2) is 30.3 Å². The number of nitrogens with one attached hydrogen (secondary N) is 1. The Balaban J connectivity index is 2.23. The van der Waals surface area contributed by atoms with Gasteiger partial charge in [-0.05, 0) is 17.7 Å². The zero-order chi connectivity index (χ0) is 15.4. The first-order chi connectivity index (χ1) is 9.99. The summed E-state index contributed by atoms with van der Waals surface area (Å²) in [6.45, 7) is 4.96. The van der Waals surface area contributed by atoms with Gasteiger partial charge in [-0.15, -0.1) is 0 Å². The summed E-state index contributed by atoms with van der Waals surface area (Å²) in [4.78, 5) is 11.2. The normalized spacial score (nSPS) is 10.8. The molecule has 1 aromatic carbocycles. The molecule has 0 amide bonds. The van der Waals surface area contributed by atoms with Crippen molar-refractivity contribution in [3.8, 4) is 0 Å². The van der Waals surface area contributed by atoms with Crippen LogP contribution < -0.4 is 10.2 Å². The molecule has 0 bridgehead atoms. The molecule has 0 atom stereocenters. The molecule has 21 heavy (non-hydrogen) atoms. The molecule has 1 N–H and O–H groups in total. The van der Waals surface area contributed by atoms with Gasteiger partial charge in [0.05, 0.1) is 0 Å². The third kappa shape index (κ3) is 4.08. The minimum atomic E-state index is 0.293. The molecule has 5 heteroatoms. The summed E-state index contributed by atoms with van der Waals surface area (Å²) >= 11 is 5.92. The van der Waals surface area contributed by atoms with E-state index in [1.807, 2.05) is 44.4 Å². The minimum Gasteiger partial charge on any atom is -0.373 e. The molecule has 0 aliphatic heterocycles. The molecule has 0 radical (unpaired) electrons. The van der Waals surface area contributed by atoms with E-state index in [9.17, 15) is 0 Å². The lowest BCUT2D eigenvalue weighted by molar-refractivity contribution is 0.764. The summed E-state index contributed by atoms with van der Waals surface area (Å²) in [7, 11) is 3.90. The van der Waals surface area contributed by atoms with Gasteiger partial charge < -0.3 is 10.2 Å². The number of rotatable bonds is 5. The number of halogens is 1. The van der Waals surface area contributed by atoms with Gasteiger partial charge in [-0.25, -0.2) is 9.97 Å². The Bertz CT molecular complexity index is 596. The van der Waals surface area contributed by atoms with Gasteiger partial charge in [0.2, 0.25) is 0 Å². The van der Waals surface area contributed by atoms with Gasteiger partial charge in [-0.3, -0.25) is 0 Å². The first-order valence-corrected chi connectivity index (χ1v) is 7.39. The van der Waals surface area contributed by atoms with Crippen molar-refractivity contribution in [1.29, 1.82) is 0 Å². The number of anilines is 2. The number of nitrogens with zero attached hydrogens (tertiary/aromatic N) is 3. The van der Waals surface area contributed by atoms with Gasteiger partial charge in [0.1, 0.15) is 17.5 Å². The van der Waals surface area contributed by atoms with Gasteiger partial charge in [0.25, 0.3) is 0 Å². The van der Waals surface area contributed by atoms with Crippen LogP contribution >= 0.6 is 11.6 Å². The number of benzene rings is 1. The molecule has 1 heterocycles. The van der Waals surface area contributed by atoms with E-state index in [1.54, 1.807) is 0 Å². The molecular weight excluding hydrogens is 284 g/mol. The van der Waals surface area contributed by atoms with Crippen LogP contribution in [0.25, 0.3) is 0 Å². The maximum atomic E-state index is 5.92. The summed E-state index contributed by atoms with van der Waals surface area (Å²) in [6, 6.07) is 9.83. The predicted octanol–water partition coefficient (Wildman–Crippen LogP) is 3.93. The third-order valence-corrected chi connectivity index (χ3v) is 3.48. The molecule has 0 saturated heterocycles. The van der Waals surface area contributed by atoms with E-state index in [4.69, 9.17) is 11.6 Å². The topological polar surface area (TPSA) is 41.0 Å². The summed E-state index contributed by atoms with van der Waals surface area (Å²) in [5.74, 6) is 2.89. The van der Waals surface area contributed by atoms with Crippen LogP contribution in [0.2, 0.25) is 5.02 Å². The van der Waals surface area contributed by atoms with Gasteiger partial charge in [0.15, 0.2) is 0 Å². The van der Waals surface area contributed by atoms with Crippen molar-refractivity contribution in [2.75, 3.05) is 24.3 Å². The lowest BCUT2D eigenvalue weighted by Gasteiger charge is -2.20. The smallest absolute Gasteiger partial charge is 0.135 e. The Morgan fingerprint density at radius 1 is 1.19 bits per heavy atom. The highest BCUT2D eigenvalue weighted by atomic mass is 35.5. The van der Waals surface area contributed by atoms with Crippen LogP contribution in [0, 0.1) is 0 Å². The van der Waals surface area contributed by atoms with Crippen LogP contribution in [0.5, 0.6) is 0 Å². The molecular formula is C16H21ClN4. The zero-order valence-corrected chi connectivity index (χ0v) is 13.6. The van der Waals surface area contributed by atoms with Crippen molar-refractivity contribution in [2.24, 2.45) is 0 Å². The molecule has 112 valence electrons. The third-order valence-electron chi connectivity index (χ3n) is 3.23. The average Bonchev–Trinajstić information content (AvgIpc) is 2.49. The highest BCUT2D eigenvalue weighted by Crippen LogP contribution is 2.20. The fourth-order valence-electron chi connectivity index (χ4n) is 1.98. The number of aromatic nitrogens is 2. The van der Waals surface area contributed by atoms with E-state index < -0.39 is 0 Å². The van der Waals surface area contributed by atoms with Crippen molar-refractivity contribution in [1.82, 2.24) is 9.97 Å². The summed E-state index contributed by atoms with van der Waals surface area (Å²) in [5, 5.41) is 3.85. The largest absolute Gasteiger partial charge is 0.373 e. The molecule has 0 fully saturated rings. The van der Waals surface area contributed by atoms with Crippen molar-refractivity contribution >= 4 is 23.2 Å². The van der Waals surface area contributed by atoms with E-state index in [-0.39, 0.29) is 0 Å². The van der Waals surface area contributed by atoms with Crippen molar-refractivity contribution in [3.05, 3.63) is 46.7 Å². The molecule has 4 nitrogen and oxygen atoms in total. The molecule has 0 saturated carbocycles. The van der Waals surface area contributed by atoms with Crippen LogP contribution in [0.3, 0.4) is 0 Å². The standard InChI is InChI=1S/C16H21ClN4/c1-11(2)16-19-14(18-3)9-15(20-16)21(4)10-12-5-7-13(17)8-6-12/h5-9,11H,10H2,1-4H3,(H,18,19,20). The molecule has 2 rings (SSSR count). The Hall–Kier alpha value is -1.81. The monoisotopic (exact) mass is 304 g/mol. The summed E-state index contributed by atoms with van der Waals surface area (Å²) in [5.41, 5.74) is 1.19. The maximum Gasteiger partial charge on any atom is 0.135 e. The van der Waals surface area contributed by atoms with Gasteiger partial charge in [0, 0.05) is 37.6 Å². The average molecular weight is 305 g/mol. The lowest BCUT2D eigenvalue weighted by atomic mass is 10.2. The minimum absolute atomic E-state index is 0.293. The predicted molar refractivity (Wildman–Crippen MR) is 89.2 cm³/mol. The quantitative estimate of drug-likeness (QED) is 0.908. The SMILES string of the molecule is CNc1cc(N(C)Cc2ccc(Cl)cc2)nc(C(C)C)n1. The Morgan fingerprint density at radius 3 is 2.43 bits per heavy atom. The molecule has 2 aromatic rings. The van der Waals surface area contributed by atoms with Gasteiger partial charge in [-0.2, -0.15) is 0 Å². The highest BCUT2D eigenvalue weighted by molar-refractivity contribution is 6.30. The lowest BCUT2D eigenvalue weighted by Crippen LogP contribution is -2.19. The first kappa shape index (κ1) is 15.6. The Morgan fingerprint density at radius 2 is 1.86 bits per heavy atom. The molecule has 0 unspecified atom stereocenters. The zero-order valence-electron chi connectivity index (χ0n) is 12.9. The van der Waals surface area contributed by atoms with Crippen LogP contribution in [0.4, 0.5) is 11.6 Å². The van der Waals surface area contributed by atoms with Crippen molar-refractivity contribution < 1.29 is 0 Å². The van der Waals surface area contributed by atoms with E-state index >= 15 is 0 Å². The van der Waals surface area contributed by atoms with Crippen LogP contribution in [-0.4, -0.2) is 24.1 Å².